The summed E-state index contributed by atoms with van der Waals surface area (Å²) in [4.78, 5) is 11.9. The monoisotopic (exact) mass is 375 g/mol. The van der Waals surface area contributed by atoms with Gasteiger partial charge in [0, 0.05) is 12.1 Å². The van der Waals surface area contributed by atoms with Gasteiger partial charge in [-0.3, -0.25) is 4.79 Å². The van der Waals surface area contributed by atoms with E-state index in [2.05, 4.69) is 15.5 Å². The average molecular weight is 375 g/mol. The molecular weight excluding hydrogens is 360 g/mol. The van der Waals surface area contributed by atoms with Crippen molar-refractivity contribution in [3.8, 4) is 11.4 Å². The maximum Gasteiger partial charge on any atom is 0.230 e. The first kappa shape index (κ1) is 17.9. The number of carbonyl (C=O) groups is 1. The first-order valence-corrected chi connectivity index (χ1v) is 8.62. The van der Waals surface area contributed by atoms with Gasteiger partial charge in [-0.2, -0.15) is 0 Å². The fourth-order valence-corrected chi connectivity index (χ4v) is 2.84. The number of thioether (sulfide) groups is 1. The number of hydrogen-bond donors (Lipinski definition) is 2. The van der Waals surface area contributed by atoms with E-state index < -0.39 is 0 Å². The Balaban J connectivity index is 1.55. The summed E-state index contributed by atoms with van der Waals surface area (Å²) in [5.41, 5.74) is 1.42. The number of carbonyl (C=O) groups excluding carboxylic acids is 1. The van der Waals surface area contributed by atoms with E-state index in [-0.39, 0.29) is 23.3 Å². The fraction of sp³-hybridized carbons (Fsp3) is 0.118. The van der Waals surface area contributed by atoms with Crippen molar-refractivity contribution in [2.45, 2.75) is 11.7 Å². The van der Waals surface area contributed by atoms with E-state index in [4.69, 9.17) is 5.84 Å². The Morgan fingerprint density at radius 1 is 1.04 bits per heavy atom. The Hall–Kier alpha value is -2.94. The second kappa shape index (κ2) is 7.96. The predicted octanol–water partition coefficient (Wildman–Crippen LogP) is 2.35. The highest BCUT2D eigenvalue weighted by atomic mass is 32.2. The number of halogens is 2. The van der Waals surface area contributed by atoms with Gasteiger partial charge in [0.05, 0.1) is 5.75 Å². The van der Waals surface area contributed by atoms with Crippen LogP contribution in [0.4, 0.5) is 8.78 Å². The van der Waals surface area contributed by atoms with Gasteiger partial charge in [0.15, 0.2) is 5.82 Å². The number of amides is 1. The van der Waals surface area contributed by atoms with Gasteiger partial charge in [-0.05, 0) is 42.0 Å². The van der Waals surface area contributed by atoms with Gasteiger partial charge in [0.2, 0.25) is 11.1 Å². The quantitative estimate of drug-likeness (QED) is 0.510. The number of hydrogen-bond acceptors (Lipinski definition) is 5. The number of nitrogens with zero attached hydrogens (tertiary/aromatic N) is 3. The van der Waals surface area contributed by atoms with Crippen molar-refractivity contribution in [1.29, 1.82) is 0 Å². The lowest BCUT2D eigenvalue weighted by Crippen LogP contribution is -2.25. The van der Waals surface area contributed by atoms with Crippen molar-refractivity contribution < 1.29 is 13.6 Å². The summed E-state index contributed by atoms with van der Waals surface area (Å²) in [6.45, 7) is 0.301. The van der Waals surface area contributed by atoms with Gasteiger partial charge in [0.25, 0.3) is 0 Å². The van der Waals surface area contributed by atoms with E-state index in [0.717, 1.165) is 17.3 Å². The lowest BCUT2D eigenvalue weighted by molar-refractivity contribution is -0.118. The van der Waals surface area contributed by atoms with E-state index in [1.165, 1.54) is 28.9 Å². The van der Waals surface area contributed by atoms with Crippen LogP contribution in [0, 0.1) is 11.6 Å². The van der Waals surface area contributed by atoms with E-state index in [0.29, 0.717) is 23.1 Å². The van der Waals surface area contributed by atoms with Crippen LogP contribution in [0.5, 0.6) is 0 Å². The first-order valence-electron chi connectivity index (χ1n) is 7.63. The predicted molar refractivity (Wildman–Crippen MR) is 94.5 cm³/mol. The lowest BCUT2D eigenvalue weighted by Gasteiger charge is -2.06. The fourth-order valence-electron chi connectivity index (χ4n) is 2.16. The first-order chi connectivity index (χ1) is 12.5. The van der Waals surface area contributed by atoms with Crippen LogP contribution in [0.1, 0.15) is 5.56 Å². The third-order valence-electron chi connectivity index (χ3n) is 3.50. The second-order valence-corrected chi connectivity index (χ2v) is 6.32. The maximum atomic E-state index is 13.0. The summed E-state index contributed by atoms with van der Waals surface area (Å²) in [6, 6.07) is 11.6. The summed E-state index contributed by atoms with van der Waals surface area (Å²) in [7, 11) is 0. The minimum Gasteiger partial charge on any atom is -0.351 e. The molecule has 1 amide bonds. The van der Waals surface area contributed by atoms with E-state index in [1.807, 2.05) is 0 Å². The minimum absolute atomic E-state index is 0.0972. The third kappa shape index (κ3) is 4.37. The van der Waals surface area contributed by atoms with Crippen LogP contribution in [0.3, 0.4) is 0 Å². The van der Waals surface area contributed by atoms with E-state index in [9.17, 15) is 13.6 Å². The van der Waals surface area contributed by atoms with Crippen LogP contribution in [0.15, 0.2) is 53.7 Å². The molecule has 0 aliphatic carbocycles. The van der Waals surface area contributed by atoms with Crippen LogP contribution < -0.4 is 11.2 Å². The van der Waals surface area contributed by atoms with Crippen molar-refractivity contribution in [2.24, 2.45) is 0 Å². The number of nitrogens with two attached hydrogens (primary N) is 1. The summed E-state index contributed by atoms with van der Waals surface area (Å²) in [5, 5.41) is 11.0. The molecule has 0 radical (unpaired) electrons. The van der Waals surface area contributed by atoms with Crippen LogP contribution in [0.25, 0.3) is 11.4 Å². The third-order valence-corrected chi connectivity index (χ3v) is 4.45. The molecule has 0 aliphatic heterocycles. The molecule has 0 saturated heterocycles. The number of rotatable bonds is 6. The topological polar surface area (TPSA) is 85.8 Å². The summed E-state index contributed by atoms with van der Waals surface area (Å²) in [5.74, 6) is 5.52. The van der Waals surface area contributed by atoms with Gasteiger partial charge in [-0.25, -0.2) is 13.5 Å². The Morgan fingerprint density at radius 2 is 1.65 bits per heavy atom. The Kier molecular flexibility index (Phi) is 5.47. The molecule has 3 rings (SSSR count). The molecule has 3 N–H and O–H groups in total. The molecule has 0 saturated carbocycles. The zero-order valence-electron chi connectivity index (χ0n) is 13.5. The zero-order chi connectivity index (χ0) is 18.5. The van der Waals surface area contributed by atoms with Crippen LogP contribution in [-0.2, 0) is 11.3 Å². The largest absolute Gasteiger partial charge is 0.351 e. The molecule has 0 fully saturated rings. The molecule has 0 spiro atoms. The van der Waals surface area contributed by atoms with Crippen molar-refractivity contribution in [3.63, 3.8) is 0 Å². The highest BCUT2D eigenvalue weighted by Crippen LogP contribution is 2.21. The molecule has 0 unspecified atom stereocenters. The molecule has 9 heteroatoms. The molecule has 6 nitrogen and oxygen atoms in total. The molecule has 1 heterocycles. The molecule has 3 aromatic rings. The van der Waals surface area contributed by atoms with Crippen molar-refractivity contribution in [1.82, 2.24) is 20.2 Å². The SMILES string of the molecule is Nn1c(SCC(=O)NCc2ccc(F)cc2)nnc1-c1ccc(F)cc1. The summed E-state index contributed by atoms with van der Waals surface area (Å²) in [6.07, 6.45) is 0. The number of nitrogens with one attached hydrogen (secondary N) is 1. The Morgan fingerprint density at radius 3 is 2.31 bits per heavy atom. The highest BCUT2D eigenvalue weighted by molar-refractivity contribution is 7.99. The zero-order valence-corrected chi connectivity index (χ0v) is 14.3. The Bertz CT molecular complexity index is 897. The molecule has 0 atom stereocenters. The lowest BCUT2D eigenvalue weighted by atomic mass is 10.2. The van der Waals surface area contributed by atoms with Crippen molar-refractivity contribution >= 4 is 17.7 Å². The average Bonchev–Trinajstić information content (AvgIpc) is 3.01. The van der Waals surface area contributed by atoms with E-state index in [1.54, 1.807) is 24.3 Å². The highest BCUT2D eigenvalue weighted by Gasteiger charge is 2.13. The van der Waals surface area contributed by atoms with Crippen LogP contribution in [-0.4, -0.2) is 26.5 Å². The maximum absolute atomic E-state index is 13.0. The summed E-state index contributed by atoms with van der Waals surface area (Å²) >= 11 is 1.13. The second-order valence-electron chi connectivity index (χ2n) is 5.37. The molecule has 0 bridgehead atoms. The van der Waals surface area contributed by atoms with Gasteiger partial charge in [-0.15, -0.1) is 10.2 Å². The smallest absolute Gasteiger partial charge is 0.230 e. The molecule has 2 aromatic carbocycles. The van der Waals surface area contributed by atoms with Gasteiger partial charge >= 0.3 is 0 Å². The standard InChI is InChI=1S/C17H15F2N5OS/c18-13-5-1-11(2-6-13)9-21-15(25)10-26-17-23-22-16(24(17)20)12-3-7-14(19)8-4-12/h1-8H,9-10,20H2,(H,21,25). The Labute approximate surface area is 152 Å². The molecule has 0 aliphatic rings. The van der Waals surface area contributed by atoms with Gasteiger partial charge in [-0.1, -0.05) is 23.9 Å². The van der Waals surface area contributed by atoms with Crippen LogP contribution >= 0.6 is 11.8 Å². The molecular formula is C17H15F2N5OS. The van der Waals surface area contributed by atoms with Crippen molar-refractivity contribution in [3.05, 3.63) is 65.7 Å². The minimum atomic E-state index is -0.357. The number of benzene rings is 2. The molecule has 1 aromatic heterocycles. The van der Waals surface area contributed by atoms with E-state index >= 15 is 0 Å². The molecule has 134 valence electrons. The normalized spacial score (nSPS) is 10.7. The summed E-state index contributed by atoms with van der Waals surface area (Å²) < 4.78 is 27.1. The van der Waals surface area contributed by atoms with Crippen LogP contribution in [0.2, 0.25) is 0 Å². The number of aromatic nitrogens is 3. The van der Waals surface area contributed by atoms with Gasteiger partial charge < -0.3 is 11.2 Å². The van der Waals surface area contributed by atoms with Gasteiger partial charge in [0.1, 0.15) is 11.6 Å². The number of nitrogen functional groups attached to an aromatic ring is 1. The molecule has 26 heavy (non-hydrogen) atoms. The van der Waals surface area contributed by atoms with Crippen molar-refractivity contribution in [2.75, 3.05) is 11.6 Å².